The summed E-state index contributed by atoms with van der Waals surface area (Å²) in [5.41, 5.74) is 1.94. The van der Waals surface area contributed by atoms with Crippen LogP contribution in [0.15, 0.2) is 54.7 Å². The number of ether oxygens (including phenoxy) is 2. The maximum Gasteiger partial charge on any atom is 0.315 e. The Kier molecular flexibility index (Phi) is 4.10. The molecule has 1 aromatic heterocycles. The highest BCUT2D eigenvalue weighted by atomic mass is 16.6. The van der Waals surface area contributed by atoms with Crippen molar-refractivity contribution < 1.29 is 14.3 Å². The van der Waals surface area contributed by atoms with Crippen molar-refractivity contribution in [1.29, 1.82) is 0 Å². The molecule has 4 heteroatoms. The minimum absolute atomic E-state index is 0.213. The van der Waals surface area contributed by atoms with Crippen molar-refractivity contribution in [2.24, 2.45) is 0 Å². The highest BCUT2D eigenvalue weighted by molar-refractivity contribution is 5.87. The molecule has 1 heterocycles. The monoisotopic (exact) mass is 295 g/mol. The second-order valence-corrected chi connectivity index (χ2v) is 4.89. The molecular weight excluding hydrogens is 278 g/mol. The fourth-order valence-electron chi connectivity index (χ4n) is 2.40. The number of carbonyl (C=O) groups is 1. The van der Waals surface area contributed by atoms with Crippen molar-refractivity contribution in [1.82, 2.24) is 4.98 Å². The van der Waals surface area contributed by atoms with Crippen LogP contribution in [0.2, 0.25) is 0 Å². The third kappa shape index (κ3) is 2.96. The van der Waals surface area contributed by atoms with E-state index in [9.17, 15) is 4.79 Å². The third-order valence-corrected chi connectivity index (χ3v) is 3.38. The minimum atomic E-state index is -0.308. The van der Waals surface area contributed by atoms with Gasteiger partial charge in [0.25, 0.3) is 0 Å². The van der Waals surface area contributed by atoms with Crippen LogP contribution in [-0.4, -0.2) is 17.6 Å². The van der Waals surface area contributed by atoms with Crippen LogP contribution in [-0.2, 0) is 11.2 Å². The van der Waals surface area contributed by atoms with Crippen molar-refractivity contribution >= 4 is 16.9 Å². The first-order valence-electron chi connectivity index (χ1n) is 7.25. The van der Waals surface area contributed by atoms with Gasteiger partial charge in [0.15, 0.2) is 11.5 Å². The number of fused-ring (bicyclic) bond motifs is 1. The van der Waals surface area contributed by atoms with Crippen molar-refractivity contribution in [3.63, 3.8) is 0 Å². The molecule has 0 radical (unpaired) electrons. The maximum absolute atomic E-state index is 12.2. The van der Waals surface area contributed by atoms with Crippen LogP contribution < -0.4 is 9.47 Å². The Morgan fingerprint density at radius 1 is 1.05 bits per heavy atom. The molecule has 0 fully saturated rings. The topological polar surface area (TPSA) is 51.3 Å². The first-order chi connectivity index (χ1) is 10.8. The summed E-state index contributed by atoms with van der Waals surface area (Å²) in [6.07, 6.45) is 2.06. The lowest BCUT2D eigenvalue weighted by molar-refractivity contribution is -0.133. The number of para-hydroxylation sites is 3. The molecular formula is C18H17NO3. The number of nitrogens with one attached hydrogen (secondary N) is 1. The van der Waals surface area contributed by atoms with E-state index in [4.69, 9.17) is 9.47 Å². The average molecular weight is 295 g/mol. The fourth-order valence-corrected chi connectivity index (χ4v) is 2.40. The molecule has 22 heavy (non-hydrogen) atoms. The number of esters is 1. The van der Waals surface area contributed by atoms with Gasteiger partial charge in [-0.15, -0.1) is 0 Å². The molecule has 0 spiro atoms. The second kappa shape index (κ2) is 6.35. The number of hydrogen-bond acceptors (Lipinski definition) is 3. The molecule has 0 amide bonds. The number of carbonyl (C=O) groups excluding carboxylic acids is 1. The summed E-state index contributed by atoms with van der Waals surface area (Å²) < 4.78 is 10.9. The van der Waals surface area contributed by atoms with E-state index in [1.807, 2.05) is 49.5 Å². The molecule has 4 nitrogen and oxygen atoms in total. The lowest BCUT2D eigenvalue weighted by atomic mass is 10.1. The SMILES string of the molecule is CCOc1ccccc1OC(=O)Cc1c[nH]c2ccccc12. The van der Waals surface area contributed by atoms with Crippen LogP contribution in [0.1, 0.15) is 12.5 Å². The minimum Gasteiger partial charge on any atom is -0.490 e. The van der Waals surface area contributed by atoms with Gasteiger partial charge in [-0.25, -0.2) is 0 Å². The molecule has 2 aromatic carbocycles. The summed E-state index contributed by atoms with van der Waals surface area (Å²) in [6.45, 7) is 2.42. The van der Waals surface area contributed by atoms with E-state index in [2.05, 4.69) is 4.98 Å². The van der Waals surface area contributed by atoms with Crippen LogP contribution in [0.5, 0.6) is 11.5 Å². The highest BCUT2D eigenvalue weighted by Crippen LogP contribution is 2.27. The van der Waals surface area contributed by atoms with E-state index in [0.29, 0.717) is 18.1 Å². The van der Waals surface area contributed by atoms with E-state index in [-0.39, 0.29) is 12.4 Å². The van der Waals surface area contributed by atoms with Crippen molar-refractivity contribution in [2.45, 2.75) is 13.3 Å². The van der Waals surface area contributed by atoms with Crippen LogP contribution in [0.25, 0.3) is 10.9 Å². The number of H-pyrrole nitrogens is 1. The van der Waals surface area contributed by atoms with Gasteiger partial charge in [-0.05, 0) is 30.7 Å². The Morgan fingerprint density at radius 2 is 1.77 bits per heavy atom. The Labute approximate surface area is 128 Å². The van der Waals surface area contributed by atoms with Gasteiger partial charge in [0.05, 0.1) is 13.0 Å². The van der Waals surface area contributed by atoms with Crippen LogP contribution in [0, 0.1) is 0 Å². The molecule has 0 aliphatic carbocycles. The molecule has 0 unspecified atom stereocenters. The van der Waals surface area contributed by atoms with Crippen LogP contribution in [0.4, 0.5) is 0 Å². The molecule has 3 rings (SSSR count). The summed E-state index contributed by atoms with van der Waals surface area (Å²) in [5, 5.41) is 1.04. The number of rotatable bonds is 5. The van der Waals surface area contributed by atoms with Gasteiger partial charge in [0.2, 0.25) is 0 Å². The Morgan fingerprint density at radius 3 is 2.59 bits per heavy atom. The predicted molar refractivity (Wildman–Crippen MR) is 85.2 cm³/mol. The van der Waals surface area contributed by atoms with E-state index in [1.165, 1.54) is 0 Å². The normalized spacial score (nSPS) is 10.6. The second-order valence-electron chi connectivity index (χ2n) is 4.89. The first-order valence-corrected chi connectivity index (χ1v) is 7.25. The molecule has 3 aromatic rings. The Balaban J connectivity index is 1.75. The van der Waals surface area contributed by atoms with Crippen molar-refractivity contribution in [2.75, 3.05) is 6.61 Å². The smallest absolute Gasteiger partial charge is 0.315 e. The zero-order valence-corrected chi connectivity index (χ0v) is 12.3. The van der Waals surface area contributed by atoms with Crippen LogP contribution in [0.3, 0.4) is 0 Å². The van der Waals surface area contributed by atoms with E-state index < -0.39 is 0 Å². The predicted octanol–water partition coefficient (Wildman–Crippen LogP) is 3.71. The summed E-state index contributed by atoms with van der Waals surface area (Å²) in [4.78, 5) is 15.3. The summed E-state index contributed by atoms with van der Waals surface area (Å²) in [6, 6.07) is 15.1. The Bertz CT molecular complexity index is 792. The summed E-state index contributed by atoms with van der Waals surface area (Å²) >= 11 is 0. The van der Waals surface area contributed by atoms with Gasteiger partial charge in [-0.2, -0.15) is 0 Å². The number of aromatic nitrogens is 1. The van der Waals surface area contributed by atoms with E-state index in [1.54, 1.807) is 12.1 Å². The van der Waals surface area contributed by atoms with Crippen LogP contribution >= 0.6 is 0 Å². The molecule has 0 aliphatic heterocycles. The quantitative estimate of drug-likeness (QED) is 0.576. The van der Waals surface area contributed by atoms with Gasteiger partial charge in [-0.3, -0.25) is 4.79 Å². The van der Waals surface area contributed by atoms with Gasteiger partial charge >= 0.3 is 5.97 Å². The van der Waals surface area contributed by atoms with E-state index >= 15 is 0 Å². The zero-order valence-electron chi connectivity index (χ0n) is 12.3. The zero-order chi connectivity index (χ0) is 15.4. The van der Waals surface area contributed by atoms with Gasteiger partial charge in [-0.1, -0.05) is 30.3 Å². The maximum atomic E-state index is 12.2. The summed E-state index contributed by atoms with van der Waals surface area (Å²) in [7, 11) is 0. The van der Waals surface area contributed by atoms with Gasteiger partial charge in [0, 0.05) is 17.1 Å². The van der Waals surface area contributed by atoms with Gasteiger partial charge in [0.1, 0.15) is 0 Å². The lowest BCUT2D eigenvalue weighted by Crippen LogP contribution is -2.11. The Hall–Kier alpha value is -2.75. The number of benzene rings is 2. The van der Waals surface area contributed by atoms with Crippen molar-refractivity contribution in [3.05, 3.63) is 60.3 Å². The molecule has 112 valence electrons. The lowest BCUT2D eigenvalue weighted by Gasteiger charge is -2.09. The number of aromatic amines is 1. The van der Waals surface area contributed by atoms with E-state index in [0.717, 1.165) is 16.5 Å². The fraction of sp³-hybridized carbons (Fsp3) is 0.167. The summed E-state index contributed by atoms with van der Waals surface area (Å²) in [5.74, 6) is 0.725. The molecule has 0 aliphatic rings. The molecule has 0 saturated heterocycles. The highest BCUT2D eigenvalue weighted by Gasteiger charge is 2.13. The molecule has 1 N–H and O–H groups in total. The standard InChI is InChI=1S/C18H17NO3/c1-2-21-16-9-5-6-10-17(16)22-18(20)11-13-12-19-15-8-4-3-7-14(13)15/h3-10,12,19H,2,11H2,1H3. The molecule has 0 bridgehead atoms. The molecule has 0 atom stereocenters. The third-order valence-electron chi connectivity index (χ3n) is 3.38. The van der Waals surface area contributed by atoms with Crippen molar-refractivity contribution in [3.8, 4) is 11.5 Å². The average Bonchev–Trinajstić information content (AvgIpc) is 2.93. The first kappa shape index (κ1) is 14.2. The largest absolute Gasteiger partial charge is 0.490 e. The number of hydrogen-bond donors (Lipinski definition) is 1. The van der Waals surface area contributed by atoms with Gasteiger partial charge < -0.3 is 14.5 Å². The molecule has 0 saturated carbocycles.